The first kappa shape index (κ1) is 15.7. The maximum atomic E-state index is 11.2. The first-order chi connectivity index (χ1) is 9.78. The van der Waals surface area contributed by atoms with Crippen LogP contribution >= 0.6 is 0 Å². The molecule has 0 unspecified atom stereocenters. The minimum atomic E-state index is -0.726. The highest BCUT2D eigenvalue weighted by Gasteiger charge is 2.28. The molecule has 7 heteroatoms. The Morgan fingerprint density at radius 2 is 2.00 bits per heavy atom. The summed E-state index contributed by atoms with van der Waals surface area (Å²) in [6.45, 7) is 8.77. The number of anilines is 1. The Morgan fingerprint density at radius 1 is 1.38 bits per heavy atom. The summed E-state index contributed by atoms with van der Waals surface area (Å²) in [5, 5.41) is 21.1. The highest BCUT2D eigenvalue weighted by atomic mass is 16.6. The topological polar surface area (TPSA) is 82.7 Å². The van der Waals surface area contributed by atoms with Crippen LogP contribution in [0, 0.1) is 17.0 Å². The Labute approximate surface area is 124 Å². The molecule has 0 aromatic carbocycles. The van der Waals surface area contributed by atoms with E-state index in [0.29, 0.717) is 31.0 Å². The van der Waals surface area contributed by atoms with E-state index < -0.39 is 5.60 Å². The quantitative estimate of drug-likeness (QED) is 0.663. The summed E-state index contributed by atoms with van der Waals surface area (Å²) < 4.78 is 0. The number of piperazine rings is 1. The molecule has 116 valence electrons. The number of hydrogen-bond donors (Lipinski definition) is 1. The van der Waals surface area contributed by atoms with Crippen molar-refractivity contribution in [2.75, 3.05) is 37.6 Å². The van der Waals surface area contributed by atoms with Crippen LogP contribution in [0.15, 0.2) is 12.3 Å². The number of nitro groups is 1. The number of nitrogens with zero attached hydrogens (tertiary/aromatic N) is 4. The zero-order valence-electron chi connectivity index (χ0n) is 12.7. The minimum absolute atomic E-state index is 0.0911. The van der Waals surface area contributed by atoms with Gasteiger partial charge in [-0.1, -0.05) is 0 Å². The normalized spacial score (nSPS) is 17.0. The van der Waals surface area contributed by atoms with Gasteiger partial charge < -0.3 is 10.0 Å². The van der Waals surface area contributed by atoms with E-state index in [0.717, 1.165) is 13.1 Å². The lowest BCUT2D eigenvalue weighted by Crippen LogP contribution is -2.50. The van der Waals surface area contributed by atoms with Crippen LogP contribution in [0.1, 0.15) is 19.4 Å². The molecule has 0 saturated carbocycles. The molecule has 21 heavy (non-hydrogen) atoms. The van der Waals surface area contributed by atoms with Gasteiger partial charge in [0, 0.05) is 44.5 Å². The van der Waals surface area contributed by atoms with E-state index in [1.807, 2.05) is 4.90 Å². The highest BCUT2D eigenvalue weighted by Crippen LogP contribution is 2.29. The fourth-order valence-corrected chi connectivity index (χ4v) is 2.66. The summed E-state index contributed by atoms with van der Waals surface area (Å²) in [4.78, 5) is 19.2. The molecule has 1 N–H and O–H groups in total. The second-order valence-electron chi connectivity index (χ2n) is 6.13. The molecule has 2 heterocycles. The van der Waals surface area contributed by atoms with Crippen LogP contribution in [-0.4, -0.2) is 58.2 Å². The summed E-state index contributed by atoms with van der Waals surface area (Å²) >= 11 is 0. The number of hydrogen-bond acceptors (Lipinski definition) is 6. The van der Waals surface area contributed by atoms with Crippen molar-refractivity contribution in [3.05, 3.63) is 27.9 Å². The molecule has 0 atom stereocenters. The van der Waals surface area contributed by atoms with Crippen molar-refractivity contribution in [1.82, 2.24) is 9.88 Å². The third-order valence-corrected chi connectivity index (χ3v) is 3.57. The molecule has 1 aromatic heterocycles. The fourth-order valence-electron chi connectivity index (χ4n) is 2.66. The third-order valence-electron chi connectivity index (χ3n) is 3.57. The molecule has 1 fully saturated rings. The van der Waals surface area contributed by atoms with E-state index in [9.17, 15) is 15.2 Å². The molecule has 0 spiro atoms. The molecule has 1 aliphatic heterocycles. The van der Waals surface area contributed by atoms with Gasteiger partial charge in [0.2, 0.25) is 5.82 Å². The van der Waals surface area contributed by atoms with E-state index in [1.165, 1.54) is 0 Å². The number of β-amino-alcohol motifs (C(OH)–C–C–N with tert-alkyl or cyclic N) is 1. The maximum Gasteiger partial charge on any atom is 0.314 e. The Kier molecular flexibility index (Phi) is 4.43. The molecule has 0 amide bonds. The van der Waals surface area contributed by atoms with Crippen molar-refractivity contribution < 1.29 is 10.0 Å². The van der Waals surface area contributed by atoms with Gasteiger partial charge in [-0.05, 0) is 26.8 Å². The van der Waals surface area contributed by atoms with E-state index >= 15 is 0 Å². The largest absolute Gasteiger partial charge is 0.389 e. The fraction of sp³-hybridized carbons (Fsp3) is 0.643. The van der Waals surface area contributed by atoms with Gasteiger partial charge in [0.25, 0.3) is 0 Å². The maximum absolute atomic E-state index is 11.2. The smallest absolute Gasteiger partial charge is 0.314 e. The zero-order chi connectivity index (χ0) is 15.6. The predicted molar refractivity (Wildman–Crippen MR) is 80.6 cm³/mol. The van der Waals surface area contributed by atoms with Crippen LogP contribution < -0.4 is 4.90 Å². The van der Waals surface area contributed by atoms with Crippen LogP contribution in [0.4, 0.5) is 11.5 Å². The van der Waals surface area contributed by atoms with E-state index in [-0.39, 0.29) is 10.6 Å². The molecule has 1 aromatic rings. The van der Waals surface area contributed by atoms with Gasteiger partial charge in [-0.2, -0.15) is 0 Å². The van der Waals surface area contributed by atoms with Gasteiger partial charge in [-0.25, -0.2) is 4.98 Å². The molecule has 1 aliphatic rings. The molecule has 7 nitrogen and oxygen atoms in total. The van der Waals surface area contributed by atoms with Gasteiger partial charge in [-0.15, -0.1) is 0 Å². The van der Waals surface area contributed by atoms with Crippen molar-refractivity contribution >= 4 is 11.5 Å². The first-order valence-electron chi connectivity index (χ1n) is 7.07. The summed E-state index contributed by atoms with van der Waals surface area (Å²) in [7, 11) is 0. The lowest BCUT2D eigenvalue weighted by molar-refractivity contribution is -0.384. The Bertz CT molecular complexity index is 519. The molecule has 1 saturated heterocycles. The second kappa shape index (κ2) is 5.95. The van der Waals surface area contributed by atoms with Crippen molar-refractivity contribution in [2.24, 2.45) is 0 Å². The summed E-state index contributed by atoms with van der Waals surface area (Å²) in [5.41, 5.74) is -0.00666. The molecule has 2 rings (SSSR count). The Balaban J connectivity index is 2.10. The first-order valence-corrected chi connectivity index (χ1v) is 7.07. The highest BCUT2D eigenvalue weighted by molar-refractivity contribution is 5.61. The Hall–Kier alpha value is -1.73. The van der Waals surface area contributed by atoms with Gasteiger partial charge >= 0.3 is 5.69 Å². The number of aromatic nitrogens is 1. The second-order valence-corrected chi connectivity index (χ2v) is 6.13. The lowest BCUT2D eigenvalue weighted by Gasteiger charge is -2.37. The average Bonchev–Trinajstić information content (AvgIpc) is 2.37. The van der Waals surface area contributed by atoms with Gasteiger partial charge in [0.05, 0.1) is 10.5 Å². The summed E-state index contributed by atoms with van der Waals surface area (Å²) in [6, 6.07) is 1.66. The monoisotopic (exact) mass is 294 g/mol. The summed E-state index contributed by atoms with van der Waals surface area (Å²) in [5.74, 6) is 0.447. The molecule has 0 aliphatic carbocycles. The van der Waals surface area contributed by atoms with Crippen molar-refractivity contribution in [1.29, 1.82) is 0 Å². The molecule has 0 bridgehead atoms. The molecule has 0 radical (unpaired) electrons. The Morgan fingerprint density at radius 3 is 2.52 bits per heavy atom. The van der Waals surface area contributed by atoms with Crippen molar-refractivity contribution in [2.45, 2.75) is 26.4 Å². The standard InChI is InChI=1S/C14H22N4O3/c1-11-4-5-15-13(12(11)18(20)21)17-8-6-16(7-9-17)10-14(2,3)19/h4-5,19H,6-10H2,1-3H3. The molecular weight excluding hydrogens is 272 g/mol. The molecular formula is C14H22N4O3. The van der Waals surface area contributed by atoms with Crippen LogP contribution in [0.25, 0.3) is 0 Å². The SMILES string of the molecule is Cc1ccnc(N2CCN(CC(C)(C)O)CC2)c1[N+](=O)[O-]. The number of aryl methyl sites for hydroxylation is 1. The van der Waals surface area contributed by atoms with Gasteiger partial charge in [-0.3, -0.25) is 15.0 Å². The number of aliphatic hydroxyl groups is 1. The van der Waals surface area contributed by atoms with Gasteiger partial charge in [0.1, 0.15) is 0 Å². The average molecular weight is 294 g/mol. The predicted octanol–water partition coefficient (Wildman–Crippen LogP) is 1.19. The lowest BCUT2D eigenvalue weighted by atomic mass is 10.1. The minimum Gasteiger partial charge on any atom is -0.389 e. The number of pyridine rings is 1. The van der Waals surface area contributed by atoms with E-state index in [1.54, 1.807) is 33.0 Å². The van der Waals surface area contributed by atoms with E-state index in [4.69, 9.17) is 0 Å². The summed E-state index contributed by atoms with van der Waals surface area (Å²) in [6.07, 6.45) is 1.61. The number of rotatable bonds is 4. The van der Waals surface area contributed by atoms with Crippen LogP contribution in [0.3, 0.4) is 0 Å². The van der Waals surface area contributed by atoms with Crippen LogP contribution in [-0.2, 0) is 0 Å². The third kappa shape index (κ3) is 3.89. The van der Waals surface area contributed by atoms with Crippen LogP contribution in [0.2, 0.25) is 0 Å². The van der Waals surface area contributed by atoms with Crippen molar-refractivity contribution in [3.8, 4) is 0 Å². The van der Waals surface area contributed by atoms with E-state index in [2.05, 4.69) is 9.88 Å². The zero-order valence-corrected chi connectivity index (χ0v) is 12.7. The van der Waals surface area contributed by atoms with Crippen LogP contribution in [0.5, 0.6) is 0 Å². The van der Waals surface area contributed by atoms with Crippen molar-refractivity contribution in [3.63, 3.8) is 0 Å². The van der Waals surface area contributed by atoms with Gasteiger partial charge in [0.15, 0.2) is 0 Å².